The first-order valence-electron chi connectivity index (χ1n) is 5.43. The van der Waals surface area contributed by atoms with E-state index in [1.165, 1.54) is 18.2 Å². The maximum absolute atomic E-state index is 11.9. The summed E-state index contributed by atoms with van der Waals surface area (Å²) in [7, 11) is 0. The van der Waals surface area contributed by atoms with Crippen LogP contribution in [0.3, 0.4) is 0 Å². The molecule has 0 bridgehead atoms. The molecule has 6 heteroatoms. The van der Waals surface area contributed by atoms with Gasteiger partial charge in [0.15, 0.2) is 11.5 Å². The number of aromatic hydroxyl groups is 2. The predicted octanol–water partition coefficient (Wildman–Crippen LogP) is 2.82. The molecular weight excluding hydrogens is 312 g/mol. The second-order valence-electron chi connectivity index (χ2n) is 3.95. The zero-order valence-corrected chi connectivity index (χ0v) is 11.6. The first-order valence-corrected chi connectivity index (χ1v) is 6.23. The van der Waals surface area contributed by atoms with Gasteiger partial charge in [-0.25, -0.2) is 4.98 Å². The molecule has 0 radical (unpaired) electrons. The van der Waals surface area contributed by atoms with Crippen LogP contribution < -0.4 is 5.32 Å². The summed E-state index contributed by atoms with van der Waals surface area (Å²) in [6, 6.07) is 5.89. The van der Waals surface area contributed by atoms with Gasteiger partial charge in [-0.3, -0.25) is 4.79 Å². The Hall–Kier alpha value is -2.08. The fourth-order valence-corrected chi connectivity index (χ4v) is 1.72. The van der Waals surface area contributed by atoms with Crippen LogP contribution in [0.1, 0.15) is 15.9 Å². The lowest BCUT2D eigenvalue weighted by Gasteiger charge is -2.08. The van der Waals surface area contributed by atoms with Gasteiger partial charge in [-0.2, -0.15) is 0 Å². The molecule has 1 aromatic carbocycles. The van der Waals surface area contributed by atoms with E-state index in [9.17, 15) is 15.0 Å². The summed E-state index contributed by atoms with van der Waals surface area (Å²) in [5, 5.41) is 21.5. The summed E-state index contributed by atoms with van der Waals surface area (Å²) < 4.78 is 0.839. The molecular formula is C13H11BrN2O3. The minimum atomic E-state index is -0.539. The highest BCUT2D eigenvalue weighted by Crippen LogP contribution is 2.28. The zero-order valence-electron chi connectivity index (χ0n) is 10.0. The third-order valence-corrected chi connectivity index (χ3v) is 3.38. The van der Waals surface area contributed by atoms with Crippen LogP contribution in [-0.4, -0.2) is 21.1 Å². The number of anilines is 1. The highest BCUT2D eigenvalue weighted by atomic mass is 79.9. The molecule has 3 N–H and O–H groups in total. The van der Waals surface area contributed by atoms with Crippen LogP contribution >= 0.6 is 15.9 Å². The lowest BCUT2D eigenvalue weighted by atomic mass is 10.1. The minimum absolute atomic E-state index is 0.0117. The molecule has 98 valence electrons. The second-order valence-corrected chi connectivity index (χ2v) is 4.80. The average molecular weight is 323 g/mol. The van der Waals surface area contributed by atoms with Crippen LogP contribution in [0.2, 0.25) is 0 Å². The number of para-hydroxylation sites is 1. The largest absolute Gasteiger partial charge is 0.504 e. The van der Waals surface area contributed by atoms with Gasteiger partial charge in [-0.15, -0.1) is 0 Å². The van der Waals surface area contributed by atoms with E-state index >= 15 is 0 Å². The number of carbonyl (C=O) groups excluding carboxylic acids is 1. The zero-order chi connectivity index (χ0) is 14.0. The number of rotatable bonds is 2. The number of benzene rings is 1. The Bertz CT molecular complexity index is 644. The third-order valence-electron chi connectivity index (χ3n) is 2.55. The van der Waals surface area contributed by atoms with E-state index in [0.717, 1.165) is 10.0 Å². The Morgan fingerprint density at radius 2 is 2.11 bits per heavy atom. The van der Waals surface area contributed by atoms with Gasteiger partial charge in [0.2, 0.25) is 0 Å². The molecule has 0 saturated heterocycles. The average Bonchev–Trinajstić information content (AvgIpc) is 2.37. The Balaban J connectivity index is 2.26. The van der Waals surface area contributed by atoms with Crippen molar-refractivity contribution >= 4 is 27.7 Å². The van der Waals surface area contributed by atoms with Gasteiger partial charge < -0.3 is 15.5 Å². The van der Waals surface area contributed by atoms with Crippen LogP contribution in [-0.2, 0) is 0 Å². The molecule has 0 aliphatic heterocycles. The Morgan fingerprint density at radius 1 is 1.37 bits per heavy atom. The first kappa shape index (κ1) is 13.4. The van der Waals surface area contributed by atoms with E-state index in [2.05, 4.69) is 26.2 Å². The number of hydrogen-bond donors (Lipinski definition) is 3. The van der Waals surface area contributed by atoms with Gasteiger partial charge in [-0.1, -0.05) is 6.07 Å². The van der Waals surface area contributed by atoms with Crippen molar-refractivity contribution in [1.29, 1.82) is 0 Å². The normalized spacial score (nSPS) is 10.2. The van der Waals surface area contributed by atoms with E-state index in [0.29, 0.717) is 5.82 Å². The van der Waals surface area contributed by atoms with E-state index in [-0.39, 0.29) is 11.3 Å². The van der Waals surface area contributed by atoms with Crippen molar-refractivity contribution in [2.75, 3.05) is 5.32 Å². The number of phenols is 2. The Labute approximate surface area is 118 Å². The Kier molecular flexibility index (Phi) is 3.71. The molecule has 0 aliphatic rings. The van der Waals surface area contributed by atoms with Crippen LogP contribution in [0.15, 0.2) is 34.9 Å². The van der Waals surface area contributed by atoms with Crippen molar-refractivity contribution in [2.45, 2.75) is 6.92 Å². The maximum atomic E-state index is 11.9. The lowest BCUT2D eigenvalue weighted by molar-refractivity contribution is 0.102. The number of halogens is 1. The molecule has 0 spiro atoms. The van der Waals surface area contributed by atoms with E-state index in [1.54, 1.807) is 12.3 Å². The van der Waals surface area contributed by atoms with Crippen LogP contribution in [0, 0.1) is 6.92 Å². The summed E-state index contributed by atoms with van der Waals surface area (Å²) in [4.78, 5) is 16.0. The predicted molar refractivity (Wildman–Crippen MR) is 74.4 cm³/mol. The third kappa shape index (κ3) is 2.85. The molecule has 5 nitrogen and oxygen atoms in total. The van der Waals surface area contributed by atoms with Crippen molar-refractivity contribution in [3.05, 3.63) is 46.1 Å². The van der Waals surface area contributed by atoms with Crippen molar-refractivity contribution in [3.63, 3.8) is 0 Å². The molecule has 2 rings (SSSR count). The summed E-state index contributed by atoms with van der Waals surface area (Å²) in [5.41, 5.74) is 0.910. The van der Waals surface area contributed by atoms with Gasteiger partial charge in [0.25, 0.3) is 5.91 Å². The van der Waals surface area contributed by atoms with Crippen LogP contribution in [0.4, 0.5) is 5.82 Å². The smallest absolute Gasteiger partial charge is 0.260 e. The highest BCUT2D eigenvalue weighted by Gasteiger charge is 2.14. The SMILES string of the molecule is Cc1cc(NC(=O)c2cccc(O)c2O)ncc1Br. The molecule has 0 atom stereocenters. The number of nitrogens with zero attached hydrogens (tertiary/aromatic N) is 1. The summed E-state index contributed by atoms with van der Waals surface area (Å²) in [6.07, 6.45) is 1.58. The summed E-state index contributed by atoms with van der Waals surface area (Å²) in [5.74, 6) is -0.961. The molecule has 1 aromatic heterocycles. The summed E-state index contributed by atoms with van der Waals surface area (Å²) in [6.45, 7) is 1.87. The molecule has 2 aromatic rings. The van der Waals surface area contributed by atoms with Gasteiger partial charge in [0.1, 0.15) is 5.82 Å². The van der Waals surface area contributed by atoms with Crippen LogP contribution in [0.5, 0.6) is 11.5 Å². The first-order chi connectivity index (χ1) is 8.99. The topological polar surface area (TPSA) is 82.5 Å². The van der Waals surface area contributed by atoms with E-state index in [1.807, 2.05) is 6.92 Å². The molecule has 0 unspecified atom stereocenters. The quantitative estimate of drug-likeness (QED) is 0.742. The van der Waals surface area contributed by atoms with E-state index < -0.39 is 11.7 Å². The highest BCUT2D eigenvalue weighted by molar-refractivity contribution is 9.10. The number of aromatic nitrogens is 1. The molecule has 0 aliphatic carbocycles. The number of amides is 1. The number of nitrogens with one attached hydrogen (secondary N) is 1. The fraction of sp³-hybridized carbons (Fsp3) is 0.0769. The van der Waals surface area contributed by atoms with Gasteiger partial charge >= 0.3 is 0 Å². The fourth-order valence-electron chi connectivity index (χ4n) is 1.51. The van der Waals surface area contributed by atoms with Crippen molar-refractivity contribution in [1.82, 2.24) is 4.98 Å². The monoisotopic (exact) mass is 322 g/mol. The van der Waals surface area contributed by atoms with Gasteiger partial charge in [0.05, 0.1) is 5.56 Å². The second kappa shape index (κ2) is 5.27. The van der Waals surface area contributed by atoms with Crippen LogP contribution in [0.25, 0.3) is 0 Å². The molecule has 0 fully saturated rings. The minimum Gasteiger partial charge on any atom is -0.504 e. The number of hydrogen-bond acceptors (Lipinski definition) is 4. The molecule has 1 heterocycles. The summed E-state index contributed by atoms with van der Waals surface area (Å²) >= 11 is 3.31. The Morgan fingerprint density at radius 3 is 2.79 bits per heavy atom. The van der Waals surface area contributed by atoms with E-state index in [4.69, 9.17) is 0 Å². The number of pyridine rings is 1. The number of phenolic OH excluding ortho intramolecular Hbond substituents is 2. The lowest BCUT2D eigenvalue weighted by Crippen LogP contribution is -2.13. The van der Waals surface area contributed by atoms with Gasteiger partial charge in [0, 0.05) is 10.7 Å². The standard InChI is InChI=1S/C13H11BrN2O3/c1-7-5-11(15-6-9(7)14)16-13(19)8-3-2-4-10(17)12(8)18/h2-6,17-18H,1H3,(H,15,16,19). The maximum Gasteiger partial charge on any atom is 0.260 e. The van der Waals surface area contributed by atoms with Crippen molar-refractivity contribution < 1.29 is 15.0 Å². The molecule has 0 saturated carbocycles. The molecule has 19 heavy (non-hydrogen) atoms. The van der Waals surface area contributed by atoms with Crippen molar-refractivity contribution in [3.8, 4) is 11.5 Å². The van der Waals surface area contributed by atoms with Gasteiger partial charge in [-0.05, 0) is 46.6 Å². The molecule has 1 amide bonds. The van der Waals surface area contributed by atoms with Crippen molar-refractivity contribution in [2.24, 2.45) is 0 Å². The number of aryl methyl sites for hydroxylation is 1. The number of carbonyl (C=O) groups is 1.